The van der Waals surface area contributed by atoms with Crippen LogP contribution in [0.1, 0.15) is 17.4 Å². The highest BCUT2D eigenvalue weighted by Crippen LogP contribution is 2.22. The van der Waals surface area contributed by atoms with E-state index in [4.69, 9.17) is 4.74 Å². The van der Waals surface area contributed by atoms with Gasteiger partial charge in [0.25, 0.3) is 0 Å². The van der Waals surface area contributed by atoms with Crippen molar-refractivity contribution in [3.63, 3.8) is 0 Å². The molecular formula is C16H18FN5O3S. The predicted octanol–water partition coefficient (Wildman–Crippen LogP) is 2.21. The Morgan fingerprint density at radius 2 is 2.00 bits per heavy atom. The molecule has 2 heterocycles. The second-order valence-corrected chi connectivity index (χ2v) is 6.28. The SMILES string of the molecule is CCOC(=O)c1nnsc1NC(=O)N1CCN(c2ccccc2F)CC1. The van der Waals surface area contributed by atoms with E-state index in [1.807, 2.05) is 4.90 Å². The molecule has 0 atom stereocenters. The lowest BCUT2D eigenvalue weighted by molar-refractivity contribution is 0.0520. The topological polar surface area (TPSA) is 87.7 Å². The van der Waals surface area contributed by atoms with E-state index in [1.54, 1.807) is 30.0 Å². The number of hydrogen-bond donors (Lipinski definition) is 1. The highest BCUT2D eigenvalue weighted by Gasteiger charge is 2.25. The van der Waals surface area contributed by atoms with Crippen molar-refractivity contribution in [2.45, 2.75) is 6.92 Å². The van der Waals surface area contributed by atoms with Crippen molar-refractivity contribution < 1.29 is 18.7 Å². The monoisotopic (exact) mass is 379 g/mol. The molecule has 0 radical (unpaired) electrons. The van der Waals surface area contributed by atoms with Crippen LogP contribution in [0.2, 0.25) is 0 Å². The first-order chi connectivity index (χ1) is 12.6. The van der Waals surface area contributed by atoms with E-state index >= 15 is 0 Å². The quantitative estimate of drug-likeness (QED) is 0.820. The summed E-state index contributed by atoms with van der Waals surface area (Å²) < 4.78 is 22.5. The van der Waals surface area contributed by atoms with Gasteiger partial charge in [-0.05, 0) is 19.1 Å². The number of nitrogens with zero attached hydrogens (tertiary/aromatic N) is 4. The summed E-state index contributed by atoms with van der Waals surface area (Å²) in [5, 5.41) is 6.61. The number of carbonyl (C=O) groups is 2. The lowest BCUT2D eigenvalue weighted by Gasteiger charge is -2.36. The van der Waals surface area contributed by atoms with Gasteiger partial charge >= 0.3 is 12.0 Å². The van der Waals surface area contributed by atoms with Crippen molar-refractivity contribution in [1.29, 1.82) is 0 Å². The maximum Gasteiger partial charge on any atom is 0.362 e. The van der Waals surface area contributed by atoms with Gasteiger partial charge in [-0.25, -0.2) is 14.0 Å². The van der Waals surface area contributed by atoms with Gasteiger partial charge in [0.15, 0.2) is 5.00 Å². The van der Waals surface area contributed by atoms with Crippen LogP contribution in [0.3, 0.4) is 0 Å². The van der Waals surface area contributed by atoms with Crippen LogP contribution in [0.15, 0.2) is 24.3 Å². The summed E-state index contributed by atoms with van der Waals surface area (Å²) in [6.07, 6.45) is 0. The smallest absolute Gasteiger partial charge is 0.362 e. The van der Waals surface area contributed by atoms with Crippen LogP contribution in [0, 0.1) is 5.82 Å². The number of piperazine rings is 1. The molecule has 0 unspecified atom stereocenters. The molecule has 8 nitrogen and oxygen atoms in total. The Kier molecular flexibility index (Phi) is 5.61. The molecule has 1 aromatic heterocycles. The fourth-order valence-corrected chi connectivity index (χ4v) is 3.19. The van der Waals surface area contributed by atoms with Gasteiger partial charge in [-0.3, -0.25) is 5.32 Å². The highest BCUT2D eigenvalue weighted by atomic mass is 32.1. The van der Waals surface area contributed by atoms with E-state index in [1.165, 1.54) is 6.07 Å². The van der Waals surface area contributed by atoms with Gasteiger partial charge in [-0.15, -0.1) is 5.10 Å². The highest BCUT2D eigenvalue weighted by molar-refractivity contribution is 7.10. The van der Waals surface area contributed by atoms with Gasteiger partial charge in [0.2, 0.25) is 5.69 Å². The molecule has 2 aromatic rings. The van der Waals surface area contributed by atoms with E-state index in [9.17, 15) is 14.0 Å². The summed E-state index contributed by atoms with van der Waals surface area (Å²) in [5.41, 5.74) is 0.527. The van der Waals surface area contributed by atoms with Gasteiger partial charge in [0, 0.05) is 37.7 Å². The number of hydrogen-bond acceptors (Lipinski definition) is 7. The Balaban J connectivity index is 1.59. The van der Waals surface area contributed by atoms with Crippen LogP contribution in [-0.2, 0) is 4.74 Å². The molecule has 26 heavy (non-hydrogen) atoms. The standard InChI is InChI=1S/C16H18FN5O3S/c1-2-25-15(23)13-14(26-20-19-13)18-16(24)22-9-7-21(8-10-22)12-6-4-3-5-11(12)17/h3-6H,2,7-10H2,1H3,(H,18,24). The van der Waals surface area contributed by atoms with Gasteiger partial charge in [-0.2, -0.15) is 0 Å². The summed E-state index contributed by atoms with van der Waals surface area (Å²) in [6.45, 7) is 3.79. The molecule has 0 bridgehead atoms. The number of ether oxygens (including phenoxy) is 1. The number of nitrogens with one attached hydrogen (secondary N) is 1. The summed E-state index contributed by atoms with van der Waals surface area (Å²) in [7, 11) is 0. The third-order valence-corrected chi connectivity index (χ3v) is 4.58. The fourth-order valence-electron chi connectivity index (χ4n) is 2.64. The second-order valence-electron chi connectivity index (χ2n) is 5.53. The Morgan fingerprint density at radius 3 is 2.69 bits per heavy atom. The number of esters is 1. The molecule has 2 amide bonds. The normalized spacial score (nSPS) is 14.2. The Morgan fingerprint density at radius 1 is 1.27 bits per heavy atom. The molecule has 0 aliphatic carbocycles. The van der Waals surface area contributed by atoms with Crippen LogP contribution < -0.4 is 10.2 Å². The average molecular weight is 379 g/mol. The summed E-state index contributed by atoms with van der Waals surface area (Å²) in [4.78, 5) is 27.7. The predicted molar refractivity (Wildman–Crippen MR) is 95.1 cm³/mol. The van der Waals surface area contributed by atoms with Crippen LogP contribution in [0.25, 0.3) is 0 Å². The van der Waals surface area contributed by atoms with Crippen LogP contribution in [0.5, 0.6) is 0 Å². The first-order valence-electron chi connectivity index (χ1n) is 8.15. The fraction of sp³-hybridized carbons (Fsp3) is 0.375. The molecular weight excluding hydrogens is 361 g/mol. The number of benzene rings is 1. The molecule has 1 fully saturated rings. The summed E-state index contributed by atoms with van der Waals surface area (Å²) in [6, 6.07) is 6.22. The molecule has 1 aliphatic rings. The van der Waals surface area contributed by atoms with E-state index < -0.39 is 5.97 Å². The van der Waals surface area contributed by atoms with Gasteiger partial charge < -0.3 is 14.5 Å². The zero-order valence-electron chi connectivity index (χ0n) is 14.1. The minimum Gasteiger partial charge on any atom is -0.461 e. The van der Waals surface area contributed by atoms with Crippen molar-refractivity contribution in [3.05, 3.63) is 35.8 Å². The largest absolute Gasteiger partial charge is 0.461 e. The Hall–Kier alpha value is -2.75. The molecule has 1 aromatic carbocycles. The minimum atomic E-state index is -0.624. The summed E-state index contributed by atoms with van der Waals surface area (Å²) in [5.74, 6) is -0.902. The van der Waals surface area contributed by atoms with Crippen molar-refractivity contribution in [2.24, 2.45) is 0 Å². The van der Waals surface area contributed by atoms with Crippen LogP contribution in [0.4, 0.5) is 19.9 Å². The van der Waals surface area contributed by atoms with Gasteiger partial charge in [-0.1, -0.05) is 16.6 Å². The Bertz CT molecular complexity index is 792. The van der Waals surface area contributed by atoms with Crippen molar-refractivity contribution >= 4 is 34.2 Å². The number of urea groups is 1. The lowest BCUT2D eigenvalue weighted by atomic mass is 10.2. The summed E-state index contributed by atoms with van der Waals surface area (Å²) >= 11 is 0.915. The number of amides is 2. The first kappa shape index (κ1) is 18.1. The maximum absolute atomic E-state index is 13.9. The van der Waals surface area contributed by atoms with Crippen molar-refractivity contribution in [2.75, 3.05) is 43.0 Å². The van der Waals surface area contributed by atoms with Gasteiger partial charge in [0.05, 0.1) is 12.3 Å². The van der Waals surface area contributed by atoms with Crippen LogP contribution in [-0.4, -0.2) is 59.3 Å². The number of carbonyl (C=O) groups excluding carboxylic acids is 2. The van der Waals surface area contributed by atoms with Crippen molar-refractivity contribution in [3.8, 4) is 0 Å². The number of para-hydroxylation sites is 1. The average Bonchev–Trinajstić information content (AvgIpc) is 3.11. The van der Waals surface area contributed by atoms with E-state index in [0.717, 1.165) is 11.5 Å². The lowest BCUT2D eigenvalue weighted by Crippen LogP contribution is -2.50. The number of anilines is 2. The molecule has 0 spiro atoms. The minimum absolute atomic E-state index is 0.00445. The van der Waals surface area contributed by atoms with Gasteiger partial charge in [0.1, 0.15) is 5.82 Å². The molecule has 1 aliphatic heterocycles. The first-order valence-corrected chi connectivity index (χ1v) is 8.92. The van der Waals surface area contributed by atoms with E-state index in [-0.39, 0.29) is 29.2 Å². The molecule has 0 saturated carbocycles. The molecule has 1 saturated heterocycles. The Labute approximate surface area is 153 Å². The molecule has 10 heteroatoms. The molecule has 3 rings (SSSR count). The zero-order chi connectivity index (χ0) is 18.5. The van der Waals surface area contributed by atoms with E-state index in [0.29, 0.717) is 31.9 Å². The number of halogens is 1. The van der Waals surface area contributed by atoms with Crippen molar-refractivity contribution in [1.82, 2.24) is 14.5 Å². The third-order valence-electron chi connectivity index (χ3n) is 3.94. The molecule has 1 N–H and O–H groups in total. The second kappa shape index (κ2) is 8.09. The van der Waals surface area contributed by atoms with E-state index in [2.05, 4.69) is 14.9 Å². The third kappa shape index (κ3) is 3.90. The number of rotatable bonds is 4. The number of aromatic nitrogens is 2. The molecule has 138 valence electrons. The zero-order valence-corrected chi connectivity index (χ0v) is 15.0. The van der Waals surface area contributed by atoms with Crippen LogP contribution >= 0.6 is 11.5 Å². The maximum atomic E-state index is 13.9.